The summed E-state index contributed by atoms with van der Waals surface area (Å²) in [7, 11) is 0. The van der Waals surface area contributed by atoms with E-state index in [-0.39, 0.29) is 6.61 Å². The van der Waals surface area contributed by atoms with Crippen LogP contribution in [0.1, 0.15) is 105 Å². The maximum atomic E-state index is 9.55. The van der Waals surface area contributed by atoms with Crippen LogP contribution in [0, 0.1) is 0 Å². The van der Waals surface area contributed by atoms with Crippen molar-refractivity contribution in [1.29, 1.82) is 0 Å². The summed E-state index contributed by atoms with van der Waals surface area (Å²) in [5, 5.41) is 9.55. The van der Waals surface area contributed by atoms with E-state index in [0.717, 1.165) is 38.5 Å². The fourth-order valence-corrected chi connectivity index (χ4v) is 2.74. The molecular weight excluding hydrogens is 344 g/mol. The summed E-state index contributed by atoms with van der Waals surface area (Å²) < 4.78 is 23.6. The molecule has 0 aromatic carbocycles. The van der Waals surface area contributed by atoms with Gasteiger partial charge in [-0.15, -0.1) is 0 Å². The van der Waals surface area contributed by atoms with Gasteiger partial charge in [-0.05, 0) is 26.2 Å². The van der Waals surface area contributed by atoms with Gasteiger partial charge in [-0.1, -0.05) is 78.6 Å². The van der Waals surface area contributed by atoms with Crippen LogP contribution in [-0.4, -0.2) is 43.8 Å². The standard InChI is InChI=1S/C22H46O5/c1-5-8-11-14-17-25-22(20-24-21(4)23,26-18-15-12-9-6-2)27-19-16-13-10-7-3/h21,23H,5-20H2,1-4H3. The molecule has 0 radical (unpaired) electrons. The number of ether oxygens (including phenoxy) is 4. The minimum Gasteiger partial charge on any atom is -0.368 e. The van der Waals surface area contributed by atoms with Crippen LogP contribution >= 0.6 is 0 Å². The molecule has 0 saturated heterocycles. The van der Waals surface area contributed by atoms with E-state index in [0.29, 0.717) is 19.8 Å². The second-order valence-corrected chi connectivity index (χ2v) is 7.32. The molecule has 0 aromatic heterocycles. The Morgan fingerprint density at radius 1 is 0.630 bits per heavy atom. The quantitative estimate of drug-likeness (QED) is 0.199. The van der Waals surface area contributed by atoms with E-state index in [2.05, 4.69) is 20.8 Å². The van der Waals surface area contributed by atoms with Crippen LogP contribution in [0.3, 0.4) is 0 Å². The first-order valence-corrected chi connectivity index (χ1v) is 11.3. The molecule has 0 aliphatic heterocycles. The summed E-state index contributed by atoms with van der Waals surface area (Å²) in [6.07, 6.45) is 12.6. The average Bonchev–Trinajstić information content (AvgIpc) is 2.65. The van der Waals surface area contributed by atoms with Gasteiger partial charge in [0.15, 0.2) is 6.29 Å². The third-order valence-corrected chi connectivity index (χ3v) is 4.46. The van der Waals surface area contributed by atoms with E-state index >= 15 is 0 Å². The zero-order valence-electron chi connectivity index (χ0n) is 18.5. The molecule has 0 heterocycles. The van der Waals surface area contributed by atoms with Gasteiger partial charge < -0.3 is 24.1 Å². The molecular formula is C22H46O5. The molecule has 27 heavy (non-hydrogen) atoms. The number of hydrogen-bond acceptors (Lipinski definition) is 5. The number of aliphatic hydroxyl groups is 1. The average molecular weight is 391 g/mol. The van der Waals surface area contributed by atoms with Crippen LogP contribution in [0.2, 0.25) is 0 Å². The fraction of sp³-hybridized carbons (Fsp3) is 1.00. The Labute approximate surface area is 168 Å². The molecule has 0 aliphatic rings. The van der Waals surface area contributed by atoms with E-state index in [1.54, 1.807) is 6.92 Å². The fourth-order valence-electron chi connectivity index (χ4n) is 2.74. The normalized spacial score (nSPS) is 13.2. The molecule has 5 nitrogen and oxygen atoms in total. The van der Waals surface area contributed by atoms with Gasteiger partial charge in [0.1, 0.15) is 6.61 Å². The maximum absolute atomic E-state index is 9.55. The van der Waals surface area contributed by atoms with Crippen molar-refractivity contribution in [2.45, 2.75) is 117 Å². The molecule has 0 aliphatic carbocycles. The molecule has 0 fully saturated rings. The second kappa shape index (κ2) is 19.1. The predicted molar refractivity (Wildman–Crippen MR) is 111 cm³/mol. The Morgan fingerprint density at radius 3 is 1.30 bits per heavy atom. The molecule has 0 spiro atoms. The van der Waals surface area contributed by atoms with E-state index in [1.807, 2.05) is 0 Å². The highest BCUT2D eigenvalue weighted by molar-refractivity contribution is 4.60. The summed E-state index contributed by atoms with van der Waals surface area (Å²) in [6.45, 7) is 9.99. The summed E-state index contributed by atoms with van der Waals surface area (Å²) in [5.41, 5.74) is 0. The van der Waals surface area contributed by atoms with Crippen LogP contribution in [0.5, 0.6) is 0 Å². The first kappa shape index (κ1) is 26.8. The van der Waals surface area contributed by atoms with Crippen LogP contribution in [0.15, 0.2) is 0 Å². The summed E-state index contributed by atoms with van der Waals surface area (Å²) in [4.78, 5) is 0. The highest BCUT2D eigenvalue weighted by atomic mass is 16.9. The van der Waals surface area contributed by atoms with Crippen molar-refractivity contribution in [3.63, 3.8) is 0 Å². The molecule has 1 unspecified atom stereocenters. The predicted octanol–water partition coefficient (Wildman–Crippen LogP) is 5.79. The minimum absolute atomic E-state index is 0.0833. The summed E-state index contributed by atoms with van der Waals surface area (Å²) in [5.74, 6) is -1.21. The Hall–Kier alpha value is -0.200. The smallest absolute Gasteiger partial charge is 0.307 e. The number of aliphatic hydroxyl groups excluding tert-OH is 1. The van der Waals surface area contributed by atoms with Gasteiger partial charge in [0.05, 0.1) is 19.8 Å². The minimum atomic E-state index is -1.21. The highest BCUT2D eigenvalue weighted by Crippen LogP contribution is 2.20. The van der Waals surface area contributed by atoms with Crippen molar-refractivity contribution in [1.82, 2.24) is 0 Å². The Kier molecular flexibility index (Phi) is 19.0. The molecule has 1 N–H and O–H groups in total. The van der Waals surface area contributed by atoms with Gasteiger partial charge in [0.25, 0.3) is 0 Å². The number of hydrogen-bond donors (Lipinski definition) is 1. The first-order valence-electron chi connectivity index (χ1n) is 11.3. The molecule has 0 rings (SSSR count). The third kappa shape index (κ3) is 16.5. The lowest BCUT2D eigenvalue weighted by Crippen LogP contribution is -2.45. The summed E-state index contributed by atoms with van der Waals surface area (Å²) in [6, 6.07) is 0. The van der Waals surface area contributed by atoms with Gasteiger partial charge in [0.2, 0.25) is 0 Å². The molecule has 0 saturated carbocycles. The topological polar surface area (TPSA) is 57.2 Å². The van der Waals surface area contributed by atoms with Crippen molar-refractivity contribution in [2.75, 3.05) is 26.4 Å². The lowest BCUT2D eigenvalue weighted by atomic mass is 10.2. The van der Waals surface area contributed by atoms with Crippen LogP contribution in [0.25, 0.3) is 0 Å². The van der Waals surface area contributed by atoms with Crippen molar-refractivity contribution in [2.24, 2.45) is 0 Å². The second-order valence-electron chi connectivity index (χ2n) is 7.32. The van der Waals surface area contributed by atoms with Crippen LogP contribution < -0.4 is 0 Å². The lowest BCUT2D eigenvalue weighted by molar-refractivity contribution is -0.402. The molecule has 1 atom stereocenters. The highest BCUT2D eigenvalue weighted by Gasteiger charge is 2.34. The zero-order valence-corrected chi connectivity index (χ0v) is 18.5. The van der Waals surface area contributed by atoms with Crippen molar-refractivity contribution < 1.29 is 24.1 Å². The number of rotatable bonds is 21. The Bertz CT molecular complexity index is 260. The maximum Gasteiger partial charge on any atom is 0.307 e. The monoisotopic (exact) mass is 390 g/mol. The van der Waals surface area contributed by atoms with Gasteiger partial charge in [-0.2, -0.15) is 0 Å². The van der Waals surface area contributed by atoms with E-state index in [4.69, 9.17) is 18.9 Å². The van der Waals surface area contributed by atoms with Crippen LogP contribution in [-0.2, 0) is 18.9 Å². The van der Waals surface area contributed by atoms with Crippen LogP contribution in [0.4, 0.5) is 0 Å². The van der Waals surface area contributed by atoms with Crippen molar-refractivity contribution in [3.05, 3.63) is 0 Å². The molecule has 164 valence electrons. The van der Waals surface area contributed by atoms with Gasteiger partial charge >= 0.3 is 5.97 Å². The van der Waals surface area contributed by atoms with E-state index in [1.165, 1.54) is 38.5 Å². The van der Waals surface area contributed by atoms with E-state index in [9.17, 15) is 5.11 Å². The zero-order chi connectivity index (χ0) is 20.2. The molecule has 0 bridgehead atoms. The van der Waals surface area contributed by atoms with Crippen molar-refractivity contribution in [3.8, 4) is 0 Å². The first-order chi connectivity index (χ1) is 13.1. The lowest BCUT2D eigenvalue weighted by Gasteiger charge is -2.33. The largest absolute Gasteiger partial charge is 0.368 e. The van der Waals surface area contributed by atoms with Gasteiger partial charge in [-0.3, -0.25) is 0 Å². The SMILES string of the molecule is CCCCCCOC(COC(C)O)(OCCCCCC)OCCCCCC. The Morgan fingerprint density at radius 2 is 1.00 bits per heavy atom. The number of unbranched alkanes of at least 4 members (excludes halogenated alkanes) is 9. The molecule has 0 amide bonds. The Balaban J connectivity index is 4.66. The van der Waals surface area contributed by atoms with Crippen molar-refractivity contribution >= 4 is 0 Å². The molecule has 0 aromatic rings. The third-order valence-electron chi connectivity index (χ3n) is 4.46. The molecule has 5 heteroatoms. The van der Waals surface area contributed by atoms with Gasteiger partial charge in [-0.25, -0.2) is 0 Å². The van der Waals surface area contributed by atoms with Gasteiger partial charge in [0, 0.05) is 0 Å². The summed E-state index contributed by atoms with van der Waals surface area (Å²) >= 11 is 0. The van der Waals surface area contributed by atoms with E-state index < -0.39 is 12.3 Å².